The maximum Gasteiger partial charge on any atom is -0.00672 e. The number of hydrogen-bond acceptors (Lipinski definition) is 1. The van der Waals surface area contributed by atoms with Crippen molar-refractivity contribution in [2.75, 3.05) is 11.5 Å². The zero-order valence-electron chi connectivity index (χ0n) is 7.51. The van der Waals surface area contributed by atoms with E-state index in [1.165, 1.54) is 31.4 Å². The standard InChI is InChI=1S/C10H19S/c1-3-5-6-7-8-9-10-11-4-2/h3,5H,2,4,6-10H2,1H3. The molecule has 1 radical (unpaired) electrons. The molecule has 0 N–H and O–H groups in total. The van der Waals surface area contributed by atoms with E-state index >= 15 is 0 Å². The van der Waals surface area contributed by atoms with Crippen LogP contribution in [0.2, 0.25) is 0 Å². The van der Waals surface area contributed by atoms with E-state index in [0.29, 0.717) is 0 Å². The fourth-order valence-corrected chi connectivity index (χ4v) is 1.52. The third-order valence-corrected chi connectivity index (χ3v) is 2.41. The predicted molar refractivity (Wildman–Crippen MR) is 56.0 cm³/mol. The Labute approximate surface area is 75.5 Å². The van der Waals surface area contributed by atoms with Gasteiger partial charge in [-0.25, -0.2) is 0 Å². The summed E-state index contributed by atoms with van der Waals surface area (Å²) < 4.78 is 0. The molecule has 0 saturated heterocycles. The topological polar surface area (TPSA) is 0 Å². The molecular weight excluding hydrogens is 152 g/mol. The van der Waals surface area contributed by atoms with Crippen molar-refractivity contribution < 1.29 is 0 Å². The van der Waals surface area contributed by atoms with Crippen LogP contribution in [0.5, 0.6) is 0 Å². The molecule has 0 spiro atoms. The molecule has 0 aliphatic carbocycles. The fourth-order valence-electron chi connectivity index (χ4n) is 0.912. The van der Waals surface area contributed by atoms with Gasteiger partial charge in [-0.1, -0.05) is 18.6 Å². The maximum atomic E-state index is 3.78. The van der Waals surface area contributed by atoms with Gasteiger partial charge in [0.05, 0.1) is 0 Å². The van der Waals surface area contributed by atoms with E-state index in [1.807, 2.05) is 11.8 Å². The summed E-state index contributed by atoms with van der Waals surface area (Å²) in [5.74, 6) is 2.31. The second-order valence-corrected chi connectivity index (χ2v) is 3.76. The van der Waals surface area contributed by atoms with E-state index in [2.05, 4.69) is 26.0 Å². The van der Waals surface area contributed by atoms with E-state index in [-0.39, 0.29) is 0 Å². The second kappa shape index (κ2) is 10.1. The minimum absolute atomic E-state index is 1.02. The van der Waals surface area contributed by atoms with Crippen molar-refractivity contribution in [3.63, 3.8) is 0 Å². The van der Waals surface area contributed by atoms with Gasteiger partial charge in [0, 0.05) is 0 Å². The highest BCUT2D eigenvalue weighted by molar-refractivity contribution is 7.99. The van der Waals surface area contributed by atoms with Crippen molar-refractivity contribution in [2.24, 2.45) is 0 Å². The predicted octanol–water partition coefficient (Wildman–Crippen LogP) is 3.69. The van der Waals surface area contributed by atoms with Crippen LogP contribution in [0.4, 0.5) is 0 Å². The Morgan fingerprint density at radius 3 is 2.73 bits per heavy atom. The molecule has 65 valence electrons. The van der Waals surface area contributed by atoms with Gasteiger partial charge in [-0.15, -0.1) is 0 Å². The maximum absolute atomic E-state index is 3.78. The highest BCUT2D eigenvalue weighted by Gasteiger charge is 1.87. The molecule has 0 bridgehead atoms. The number of allylic oxidation sites excluding steroid dienone is 2. The molecule has 0 aromatic rings. The van der Waals surface area contributed by atoms with Gasteiger partial charge in [-0.05, 0) is 44.6 Å². The van der Waals surface area contributed by atoms with Crippen LogP contribution in [0.3, 0.4) is 0 Å². The molecule has 0 aromatic heterocycles. The van der Waals surface area contributed by atoms with E-state index in [9.17, 15) is 0 Å². The molecule has 0 unspecified atom stereocenters. The van der Waals surface area contributed by atoms with Crippen LogP contribution in [0.1, 0.15) is 32.6 Å². The lowest BCUT2D eigenvalue weighted by Crippen LogP contribution is -1.81. The molecular formula is C10H19S. The monoisotopic (exact) mass is 171 g/mol. The molecule has 0 saturated carbocycles. The molecule has 0 atom stereocenters. The average Bonchev–Trinajstić information content (AvgIpc) is 2.03. The van der Waals surface area contributed by atoms with Crippen molar-refractivity contribution in [3.05, 3.63) is 19.1 Å². The van der Waals surface area contributed by atoms with Gasteiger partial charge in [-0.2, -0.15) is 11.8 Å². The highest BCUT2D eigenvalue weighted by atomic mass is 32.2. The second-order valence-electron chi connectivity index (χ2n) is 2.53. The summed E-state index contributed by atoms with van der Waals surface area (Å²) in [7, 11) is 0. The van der Waals surface area contributed by atoms with Crippen LogP contribution >= 0.6 is 11.8 Å². The van der Waals surface area contributed by atoms with Crippen LogP contribution in [-0.4, -0.2) is 11.5 Å². The molecule has 11 heavy (non-hydrogen) atoms. The van der Waals surface area contributed by atoms with E-state index in [1.54, 1.807) is 0 Å². The lowest BCUT2D eigenvalue weighted by molar-refractivity contribution is 0.734. The number of unbranched alkanes of at least 4 members (excludes halogenated alkanes) is 3. The van der Waals surface area contributed by atoms with Crippen molar-refractivity contribution in [3.8, 4) is 0 Å². The molecule has 0 nitrogen and oxygen atoms in total. The molecule has 0 aliphatic rings. The molecule has 0 heterocycles. The van der Waals surface area contributed by atoms with Crippen molar-refractivity contribution in [1.82, 2.24) is 0 Å². The zero-order valence-corrected chi connectivity index (χ0v) is 8.33. The molecule has 0 aliphatic heterocycles. The van der Waals surface area contributed by atoms with Crippen LogP contribution in [0.15, 0.2) is 12.2 Å². The summed E-state index contributed by atoms with van der Waals surface area (Å²) in [6.07, 6.45) is 9.71. The lowest BCUT2D eigenvalue weighted by atomic mass is 10.2. The molecule has 0 amide bonds. The Morgan fingerprint density at radius 1 is 1.27 bits per heavy atom. The molecule has 0 aromatic carbocycles. The highest BCUT2D eigenvalue weighted by Crippen LogP contribution is 2.06. The van der Waals surface area contributed by atoms with Crippen LogP contribution in [-0.2, 0) is 0 Å². The Morgan fingerprint density at radius 2 is 2.09 bits per heavy atom. The molecule has 1 heteroatoms. The summed E-state index contributed by atoms with van der Waals surface area (Å²) in [6, 6.07) is 0. The summed E-state index contributed by atoms with van der Waals surface area (Å²) >= 11 is 1.94. The van der Waals surface area contributed by atoms with Gasteiger partial charge in [0.2, 0.25) is 0 Å². The van der Waals surface area contributed by atoms with Crippen LogP contribution in [0.25, 0.3) is 0 Å². The Kier molecular flexibility index (Phi) is 10.2. The van der Waals surface area contributed by atoms with E-state index < -0.39 is 0 Å². The fraction of sp³-hybridized carbons (Fsp3) is 0.700. The smallest absolute Gasteiger partial charge is 0.00672 e. The summed E-state index contributed by atoms with van der Waals surface area (Å²) in [5, 5.41) is 0. The summed E-state index contributed by atoms with van der Waals surface area (Å²) in [4.78, 5) is 0. The third-order valence-electron chi connectivity index (χ3n) is 1.54. The van der Waals surface area contributed by atoms with Gasteiger partial charge in [0.25, 0.3) is 0 Å². The van der Waals surface area contributed by atoms with Gasteiger partial charge in [-0.3, -0.25) is 0 Å². The first-order valence-electron chi connectivity index (χ1n) is 4.40. The lowest BCUT2D eigenvalue weighted by Gasteiger charge is -1.96. The number of rotatable bonds is 7. The minimum Gasteiger partial charge on any atom is -0.162 e. The van der Waals surface area contributed by atoms with Crippen molar-refractivity contribution in [2.45, 2.75) is 32.6 Å². The van der Waals surface area contributed by atoms with E-state index in [0.717, 1.165) is 5.75 Å². The average molecular weight is 171 g/mol. The SMILES string of the molecule is [CH2]CSCCCCCC=CC. The van der Waals surface area contributed by atoms with Crippen molar-refractivity contribution >= 4 is 11.8 Å². The van der Waals surface area contributed by atoms with Crippen LogP contribution in [0, 0.1) is 6.92 Å². The van der Waals surface area contributed by atoms with Crippen molar-refractivity contribution in [1.29, 1.82) is 0 Å². The Hall–Kier alpha value is 0.0900. The first-order chi connectivity index (χ1) is 5.41. The Balaban J connectivity index is 2.79. The van der Waals surface area contributed by atoms with Crippen LogP contribution < -0.4 is 0 Å². The van der Waals surface area contributed by atoms with Gasteiger partial charge >= 0.3 is 0 Å². The first-order valence-corrected chi connectivity index (χ1v) is 5.55. The number of hydrogen-bond donors (Lipinski definition) is 0. The zero-order chi connectivity index (χ0) is 8.36. The molecule has 0 rings (SSSR count). The largest absolute Gasteiger partial charge is 0.162 e. The van der Waals surface area contributed by atoms with Gasteiger partial charge < -0.3 is 0 Å². The van der Waals surface area contributed by atoms with E-state index in [4.69, 9.17) is 0 Å². The summed E-state index contributed by atoms with van der Waals surface area (Å²) in [6.45, 7) is 5.87. The summed E-state index contributed by atoms with van der Waals surface area (Å²) in [5.41, 5.74) is 0. The normalized spacial score (nSPS) is 11.1. The first kappa shape index (κ1) is 11.1. The van der Waals surface area contributed by atoms with Gasteiger partial charge in [0.15, 0.2) is 0 Å². The number of thioether (sulfide) groups is 1. The minimum atomic E-state index is 1.02. The Bertz CT molecular complexity index is 86.9. The third kappa shape index (κ3) is 10.1. The quantitative estimate of drug-likeness (QED) is 0.416. The molecule has 0 fully saturated rings. The van der Waals surface area contributed by atoms with Gasteiger partial charge in [0.1, 0.15) is 0 Å².